The van der Waals surface area contributed by atoms with Crippen LogP contribution in [0.5, 0.6) is 0 Å². The normalized spacial score (nSPS) is 10.7. The highest BCUT2D eigenvalue weighted by Gasteiger charge is 2.27. The lowest BCUT2D eigenvalue weighted by molar-refractivity contribution is -0.393. The SMILES string of the molecule is O=[N+]([O-])c1cc(-c2nc(Cl)cn2Cc2ccccc2)cc([N+](=O)[O-])c1Cl. The van der Waals surface area contributed by atoms with Crippen molar-refractivity contribution in [2.24, 2.45) is 0 Å². The summed E-state index contributed by atoms with van der Waals surface area (Å²) in [5.74, 6) is 0.265. The molecule has 10 heteroatoms. The van der Waals surface area contributed by atoms with Crippen LogP contribution in [0.2, 0.25) is 10.2 Å². The van der Waals surface area contributed by atoms with Gasteiger partial charge >= 0.3 is 0 Å². The lowest BCUT2D eigenvalue weighted by Gasteiger charge is -2.08. The molecule has 0 spiro atoms. The number of rotatable bonds is 5. The summed E-state index contributed by atoms with van der Waals surface area (Å²) in [5, 5.41) is 22.0. The summed E-state index contributed by atoms with van der Waals surface area (Å²) in [6, 6.07) is 11.7. The van der Waals surface area contributed by atoms with Crippen molar-refractivity contribution in [3.8, 4) is 11.4 Å². The van der Waals surface area contributed by atoms with Gasteiger partial charge in [0.15, 0.2) is 5.02 Å². The van der Waals surface area contributed by atoms with Crippen molar-refractivity contribution < 1.29 is 9.85 Å². The van der Waals surface area contributed by atoms with Crippen molar-refractivity contribution in [3.05, 3.63) is 84.6 Å². The number of benzene rings is 2. The Labute approximate surface area is 156 Å². The van der Waals surface area contributed by atoms with Crippen LogP contribution in [0.3, 0.4) is 0 Å². The molecule has 0 bridgehead atoms. The molecular formula is C16H10Cl2N4O4. The first-order chi connectivity index (χ1) is 12.4. The summed E-state index contributed by atoms with van der Waals surface area (Å²) in [6.45, 7) is 0.389. The molecule has 132 valence electrons. The molecule has 0 aliphatic heterocycles. The first kappa shape index (κ1) is 17.8. The molecule has 26 heavy (non-hydrogen) atoms. The van der Waals surface area contributed by atoms with E-state index in [-0.39, 0.29) is 16.5 Å². The molecule has 3 aromatic rings. The van der Waals surface area contributed by atoms with Crippen LogP contribution in [0, 0.1) is 20.2 Å². The molecule has 0 saturated heterocycles. The largest absolute Gasteiger partial charge is 0.325 e. The third-order valence-electron chi connectivity index (χ3n) is 3.63. The van der Waals surface area contributed by atoms with Crippen LogP contribution in [-0.2, 0) is 6.54 Å². The van der Waals surface area contributed by atoms with E-state index in [4.69, 9.17) is 23.2 Å². The third-order valence-corrected chi connectivity index (χ3v) is 4.20. The maximum atomic E-state index is 11.2. The van der Waals surface area contributed by atoms with Gasteiger partial charge in [-0.1, -0.05) is 53.5 Å². The van der Waals surface area contributed by atoms with Crippen LogP contribution < -0.4 is 0 Å². The zero-order valence-corrected chi connectivity index (χ0v) is 14.5. The lowest BCUT2D eigenvalue weighted by Crippen LogP contribution is -2.02. The van der Waals surface area contributed by atoms with Crippen LogP contribution >= 0.6 is 23.2 Å². The van der Waals surface area contributed by atoms with Crippen molar-refractivity contribution in [3.63, 3.8) is 0 Å². The molecule has 8 nitrogen and oxygen atoms in total. The minimum Gasteiger partial charge on any atom is -0.325 e. The summed E-state index contributed by atoms with van der Waals surface area (Å²) in [5.41, 5.74) is -0.0149. The van der Waals surface area contributed by atoms with E-state index in [9.17, 15) is 20.2 Å². The van der Waals surface area contributed by atoms with Gasteiger partial charge in [0.2, 0.25) is 0 Å². The molecule has 0 aliphatic rings. The number of hydrogen-bond donors (Lipinski definition) is 0. The molecule has 0 unspecified atom stereocenters. The number of hydrogen-bond acceptors (Lipinski definition) is 5. The molecule has 0 radical (unpaired) electrons. The molecule has 0 atom stereocenters. The Balaban J connectivity index is 2.15. The van der Waals surface area contributed by atoms with E-state index in [0.29, 0.717) is 6.54 Å². The van der Waals surface area contributed by atoms with Gasteiger partial charge in [0.25, 0.3) is 11.4 Å². The summed E-state index contributed by atoms with van der Waals surface area (Å²) < 4.78 is 1.66. The van der Waals surface area contributed by atoms with Crippen molar-refractivity contribution in [1.82, 2.24) is 9.55 Å². The van der Waals surface area contributed by atoms with Gasteiger partial charge in [-0.15, -0.1) is 0 Å². The average molecular weight is 393 g/mol. The maximum Gasteiger partial charge on any atom is 0.295 e. The topological polar surface area (TPSA) is 104 Å². The van der Waals surface area contributed by atoms with Crippen molar-refractivity contribution >= 4 is 34.6 Å². The average Bonchev–Trinajstić information content (AvgIpc) is 2.95. The fourth-order valence-corrected chi connectivity index (χ4v) is 2.95. The minimum absolute atomic E-state index is 0.163. The van der Waals surface area contributed by atoms with E-state index >= 15 is 0 Å². The standard InChI is InChI=1S/C16H10Cl2N4O4/c17-14-9-20(8-10-4-2-1-3-5-10)16(19-14)11-6-12(21(23)24)15(18)13(7-11)22(25)26/h1-7,9H,8H2. The van der Waals surface area contributed by atoms with Gasteiger partial charge in [-0.05, 0) is 5.56 Å². The summed E-state index contributed by atoms with van der Waals surface area (Å²) in [7, 11) is 0. The molecule has 0 fully saturated rings. The fraction of sp³-hybridized carbons (Fsp3) is 0.0625. The Morgan fingerprint density at radius 3 is 2.12 bits per heavy atom. The quantitative estimate of drug-likeness (QED) is 0.461. The second kappa shape index (κ2) is 7.11. The molecule has 1 heterocycles. The molecule has 2 aromatic carbocycles. The molecule has 3 rings (SSSR count). The summed E-state index contributed by atoms with van der Waals surface area (Å²) >= 11 is 11.8. The monoisotopic (exact) mass is 392 g/mol. The van der Waals surface area contributed by atoms with E-state index in [0.717, 1.165) is 17.7 Å². The number of aromatic nitrogens is 2. The zero-order chi connectivity index (χ0) is 18.8. The highest BCUT2D eigenvalue weighted by atomic mass is 35.5. The zero-order valence-electron chi connectivity index (χ0n) is 13.0. The number of halogens is 2. The van der Waals surface area contributed by atoms with E-state index in [1.54, 1.807) is 10.8 Å². The number of nitro benzene ring substituents is 2. The van der Waals surface area contributed by atoms with E-state index in [1.165, 1.54) is 0 Å². The predicted octanol–water partition coefficient (Wildman–Crippen LogP) is 4.72. The van der Waals surface area contributed by atoms with Crippen LogP contribution in [0.15, 0.2) is 48.7 Å². The first-order valence-electron chi connectivity index (χ1n) is 7.26. The highest BCUT2D eigenvalue weighted by molar-refractivity contribution is 6.35. The summed E-state index contributed by atoms with van der Waals surface area (Å²) in [6.07, 6.45) is 1.55. The number of nitro groups is 2. The van der Waals surface area contributed by atoms with Crippen molar-refractivity contribution in [2.45, 2.75) is 6.54 Å². The van der Waals surface area contributed by atoms with Gasteiger partial charge in [0.05, 0.1) is 9.85 Å². The van der Waals surface area contributed by atoms with E-state index in [1.807, 2.05) is 30.3 Å². The molecule has 0 N–H and O–H groups in total. The highest BCUT2D eigenvalue weighted by Crippen LogP contribution is 2.38. The second-order valence-corrected chi connectivity index (χ2v) is 6.11. The smallest absolute Gasteiger partial charge is 0.295 e. The minimum atomic E-state index is -0.773. The number of nitrogens with zero attached hydrogens (tertiary/aromatic N) is 4. The van der Waals surface area contributed by atoms with Gasteiger partial charge in [-0.3, -0.25) is 20.2 Å². The van der Waals surface area contributed by atoms with Crippen LogP contribution in [0.25, 0.3) is 11.4 Å². The Morgan fingerprint density at radius 2 is 1.58 bits per heavy atom. The predicted molar refractivity (Wildman–Crippen MR) is 96.5 cm³/mol. The second-order valence-electron chi connectivity index (χ2n) is 5.34. The molecular weight excluding hydrogens is 383 g/mol. The Hall–Kier alpha value is -2.97. The van der Waals surface area contributed by atoms with Crippen LogP contribution in [-0.4, -0.2) is 19.4 Å². The van der Waals surface area contributed by atoms with Crippen LogP contribution in [0.1, 0.15) is 5.56 Å². The van der Waals surface area contributed by atoms with Crippen LogP contribution in [0.4, 0.5) is 11.4 Å². The van der Waals surface area contributed by atoms with Gasteiger partial charge < -0.3 is 4.57 Å². The lowest BCUT2D eigenvalue weighted by atomic mass is 10.1. The molecule has 0 aliphatic carbocycles. The van der Waals surface area contributed by atoms with Gasteiger partial charge in [0, 0.05) is 30.4 Å². The molecule has 1 aromatic heterocycles. The van der Waals surface area contributed by atoms with Crippen molar-refractivity contribution in [1.29, 1.82) is 0 Å². The van der Waals surface area contributed by atoms with E-state index < -0.39 is 26.2 Å². The Bertz CT molecular complexity index is 970. The van der Waals surface area contributed by atoms with Gasteiger partial charge in [-0.25, -0.2) is 4.98 Å². The fourth-order valence-electron chi connectivity index (χ4n) is 2.50. The van der Waals surface area contributed by atoms with Gasteiger partial charge in [0.1, 0.15) is 11.0 Å². The van der Waals surface area contributed by atoms with E-state index in [2.05, 4.69) is 4.98 Å². The molecule has 0 saturated carbocycles. The summed E-state index contributed by atoms with van der Waals surface area (Å²) in [4.78, 5) is 25.0. The maximum absolute atomic E-state index is 11.2. The number of imidazole rings is 1. The third kappa shape index (κ3) is 3.51. The molecule has 0 amide bonds. The Kier molecular flexibility index (Phi) is 4.88. The Morgan fingerprint density at radius 1 is 1.00 bits per heavy atom. The first-order valence-corrected chi connectivity index (χ1v) is 8.01. The van der Waals surface area contributed by atoms with Crippen molar-refractivity contribution in [2.75, 3.05) is 0 Å². The van der Waals surface area contributed by atoms with Gasteiger partial charge in [-0.2, -0.15) is 0 Å².